The van der Waals surface area contributed by atoms with Crippen molar-refractivity contribution in [3.8, 4) is 0 Å². The zero-order valence-corrected chi connectivity index (χ0v) is 14.5. The molecule has 1 fully saturated rings. The van der Waals surface area contributed by atoms with Crippen LogP contribution in [0.15, 0.2) is 40.7 Å². The molecule has 0 bridgehead atoms. The maximum Gasteiger partial charge on any atom is 0.321 e. The van der Waals surface area contributed by atoms with Crippen LogP contribution in [-0.4, -0.2) is 39.5 Å². The van der Waals surface area contributed by atoms with Gasteiger partial charge in [0.15, 0.2) is 0 Å². The Hall–Kier alpha value is -1.73. The molecule has 1 saturated heterocycles. The fourth-order valence-corrected chi connectivity index (χ4v) is 4.03. The number of likely N-dealkylation sites (tertiary alicyclic amines) is 1. The van der Waals surface area contributed by atoms with Gasteiger partial charge in [-0.2, -0.15) is 0 Å². The van der Waals surface area contributed by atoms with Gasteiger partial charge in [-0.1, -0.05) is 0 Å². The molecule has 122 valence electrons. The second-order valence-electron chi connectivity index (χ2n) is 5.54. The Kier molecular flexibility index (Phi) is 5.07. The number of benzene rings is 1. The monoisotopic (exact) mass is 349 g/mol. The van der Waals surface area contributed by atoms with Crippen LogP contribution in [0.1, 0.15) is 23.8 Å². The molecule has 1 aromatic carbocycles. The number of nitrogens with one attached hydrogen (secondary N) is 1. The third-order valence-corrected chi connectivity index (χ3v) is 5.89. The largest absolute Gasteiger partial charge is 0.324 e. The Morgan fingerprint density at radius 2 is 2.00 bits per heavy atom. The van der Waals surface area contributed by atoms with Crippen molar-refractivity contribution in [1.82, 2.24) is 9.88 Å². The van der Waals surface area contributed by atoms with Crippen LogP contribution >= 0.6 is 11.3 Å². The van der Waals surface area contributed by atoms with Gasteiger partial charge in [0.1, 0.15) is 0 Å². The highest BCUT2D eigenvalue weighted by Gasteiger charge is 2.25. The molecule has 0 radical (unpaired) electrons. The summed E-state index contributed by atoms with van der Waals surface area (Å²) >= 11 is 1.69. The molecule has 0 aliphatic carbocycles. The normalized spacial score (nSPS) is 17.0. The van der Waals surface area contributed by atoms with E-state index in [4.69, 9.17) is 0 Å². The summed E-state index contributed by atoms with van der Waals surface area (Å²) < 4.78 is 11.4. The first-order valence-electron chi connectivity index (χ1n) is 7.52. The highest BCUT2D eigenvalue weighted by molar-refractivity contribution is 7.84. The number of hydrogen-bond acceptors (Lipinski definition) is 4. The summed E-state index contributed by atoms with van der Waals surface area (Å²) in [5, 5.41) is 6.08. The lowest BCUT2D eigenvalue weighted by Crippen LogP contribution is -2.40. The van der Waals surface area contributed by atoms with Crippen LogP contribution in [0.25, 0.3) is 0 Å². The van der Waals surface area contributed by atoms with Crippen LogP contribution in [0.2, 0.25) is 0 Å². The number of rotatable bonds is 3. The lowest BCUT2D eigenvalue weighted by molar-refractivity contribution is 0.194. The molecule has 7 heteroatoms. The summed E-state index contributed by atoms with van der Waals surface area (Å²) in [4.78, 5) is 19.3. The van der Waals surface area contributed by atoms with Gasteiger partial charge in [-0.15, -0.1) is 11.3 Å². The molecule has 0 unspecified atom stereocenters. The highest BCUT2D eigenvalue weighted by Crippen LogP contribution is 2.29. The molecule has 2 aromatic rings. The smallest absolute Gasteiger partial charge is 0.321 e. The van der Waals surface area contributed by atoms with Gasteiger partial charge in [-0.3, -0.25) is 4.21 Å². The molecule has 2 amide bonds. The van der Waals surface area contributed by atoms with Gasteiger partial charge in [0.25, 0.3) is 0 Å². The standard InChI is InChI=1S/C16H19N3O2S2/c1-23(21)14-4-2-13(3-5-14)18-16(20)19-9-6-12(7-10-19)15-17-8-11-22-15/h2-5,8,11-12H,6-7,9-10H2,1H3,(H,18,20)/t23-/m0/s1. The lowest BCUT2D eigenvalue weighted by Gasteiger charge is -2.31. The summed E-state index contributed by atoms with van der Waals surface area (Å²) in [6.45, 7) is 1.49. The summed E-state index contributed by atoms with van der Waals surface area (Å²) in [6.07, 6.45) is 5.38. The molecular weight excluding hydrogens is 330 g/mol. The maximum atomic E-state index is 12.3. The van der Waals surface area contributed by atoms with E-state index < -0.39 is 10.8 Å². The quantitative estimate of drug-likeness (QED) is 0.925. The lowest BCUT2D eigenvalue weighted by atomic mass is 9.98. The second-order valence-corrected chi connectivity index (χ2v) is 7.85. The van der Waals surface area contributed by atoms with Crippen molar-refractivity contribution in [2.24, 2.45) is 0 Å². The number of aromatic nitrogens is 1. The third kappa shape index (κ3) is 3.97. The van der Waals surface area contributed by atoms with Gasteiger partial charge in [0.05, 0.1) is 5.01 Å². The molecular formula is C16H19N3O2S2. The van der Waals surface area contributed by atoms with Crippen LogP contribution in [0.5, 0.6) is 0 Å². The Balaban J connectivity index is 1.54. The number of urea groups is 1. The molecule has 1 N–H and O–H groups in total. The molecule has 5 nitrogen and oxygen atoms in total. The summed E-state index contributed by atoms with van der Waals surface area (Å²) in [5.41, 5.74) is 0.728. The van der Waals surface area contributed by atoms with Crippen molar-refractivity contribution >= 4 is 33.9 Å². The third-order valence-electron chi connectivity index (χ3n) is 4.02. The van der Waals surface area contributed by atoms with E-state index in [0.29, 0.717) is 5.92 Å². The number of thiazole rings is 1. The summed E-state index contributed by atoms with van der Waals surface area (Å²) in [7, 11) is -1.00. The number of carbonyl (C=O) groups is 1. The average Bonchev–Trinajstić information content (AvgIpc) is 3.10. The van der Waals surface area contributed by atoms with E-state index in [1.807, 2.05) is 16.5 Å². The van der Waals surface area contributed by atoms with E-state index in [1.165, 1.54) is 5.01 Å². The van der Waals surface area contributed by atoms with Gasteiger partial charge >= 0.3 is 6.03 Å². The van der Waals surface area contributed by atoms with Gasteiger partial charge < -0.3 is 10.2 Å². The number of amides is 2. The number of piperidine rings is 1. The Morgan fingerprint density at radius 1 is 1.30 bits per heavy atom. The van der Waals surface area contributed by atoms with E-state index >= 15 is 0 Å². The molecule has 23 heavy (non-hydrogen) atoms. The van der Waals surface area contributed by atoms with Crippen molar-refractivity contribution in [2.45, 2.75) is 23.7 Å². The fraction of sp³-hybridized carbons (Fsp3) is 0.375. The molecule has 1 aliphatic heterocycles. The van der Waals surface area contributed by atoms with Crippen LogP contribution in [0.3, 0.4) is 0 Å². The minimum absolute atomic E-state index is 0.0760. The van der Waals surface area contributed by atoms with Gasteiger partial charge in [0.2, 0.25) is 0 Å². The van der Waals surface area contributed by atoms with Crippen molar-refractivity contribution in [3.05, 3.63) is 40.8 Å². The van der Waals surface area contributed by atoms with E-state index in [2.05, 4.69) is 10.3 Å². The molecule has 1 atom stereocenters. The number of hydrogen-bond donors (Lipinski definition) is 1. The molecule has 0 spiro atoms. The minimum atomic E-state index is -1.00. The maximum absolute atomic E-state index is 12.3. The van der Waals surface area contributed by atoms with Crippen LogP contribution < -0.4 is 5.32 Å². The zero-order chi connectivity index (χ0) is 16.2. The number of anilines is 1. The van der Waals surface area contributed by atoms with Crippen molar-refractivity contribution in [3.63, 3.8) is 0 Å². The minimum Gasteiger partial charge on any atom is -0.324 e. The Labute approximate surface area is 142 Å². The zero-order valence-electron chi connectivity index (χ0n) is 12.9. The predicted molar refractivity (Wildman–Crippen MR) is 93.5 cm³/mol. The topological polar surface area (TPSA) is 62.3 Å². The molecule has 2 heterocycles. The number of nitrogens with zero attached hydrogens (tertiary/aromatic N) is 2. The van der Waals surface area contributed by atoms with Crippen molar-refractivity contribution in [2.75, 3.05) is 24.7 Å². The number of carbonyl (C=O) groups excluding carboxylic acids is 1. The SMILES string of the molecule is C[S@](=O)c1ccc(NC(=O)N2CCC(c3nccs3)CC2)cc1. The predicted octanol–water partition coefficient (Wildman–Crippen LogP) is 3.29. The van der Waals surface area contributed by atoms with Crippen LogP contribution in [0.4, 0.5) is 10.5 Å². The first kappa shape index (κ1) is 16.1. The van der Waals surface area contributed by atoms with Crippen LogP contribution in [-0.2, 0) is 10.8 Å². The molecule has 1 aliphatic rings. The summed E-state index contributed by atoms with van der Waals surface area (Å²) in [6, 6.07) is 7.06. The van der Waals surface area contributed by atoms with Crippen LogP contribution in [0, 0.1) is 0 Å². The fourth-order valence-electron chi connectivity index (χ4n) is 2.70. The highest BCUT2D eigenvalue weighted by atomic mass is 32.2. The first-order valence-corrected chi connectivity index (χ1v) is 9.96. The average molecular weight is 349 g/mol. The summed E-state index contributed by atoms with van der Waals surface area (Å²) in [5.74, 6) is 0.470. The van der Waals surface area contributed by atoms with Gasteiger partial charge in [-0.25, -0.2) is 9.78 Å². The molecule has 3 rings (SSSR count). The van der Waals surface area contributed by atoms with Gasteiger partial charge in [-0.05, 0) is 37.1 Å². The van der Waals surface area contributed by atoms with Crippen molar-refractivity contribution < 1.29 is 9.00 Å². The molecule has 0 saturated carbocycles. The Morgan fingerprint density at radius 3 is 2.57 bits per heavy atom. The van der Waals surface area contributed by atoms with E-state index in [1.54, 1.807) is 41.9 Å². The second kappa shape index (κ2) is 7.23. The van der Waals surface area contributed by atoms with Crippen molar-refractivity contribution in [1.29, 1.82) is 0 Å². The molecule has 1 aromatic heterocycles. The van der Waals surface area contributed by atoms with E-state index in [-0.39, 0.29) is 6.03 Å². The van der Waals surface area contributed by atoms with E-state index in [9.17, 15) is 9.00 Å². The van der Waals surface area contributed by atoms with E-state index in [0.717, 1.165) is 36.5 Å². The first-order chi connectivity index (χ1) is 11.1. The Bertz CT molecular complexity index is 678. The van der Waals surface area contributed by atoms with Gasteiger partial charge in [0, 0.05) is 58.2 Å².